The van der Waals surface area contributed by atoms with E-state index in [0.717, 1.165) is 21.0 Å². The van der Waals surface area contributed by atoms with Crippen LogP contribution in [0.25, 0.3) is 0 Å². The largest absolute Gasteiger partial charge is 0.483 e. The number of benzene rings is 1. The van der Waals surface area contributed by atoms with Gasteiger partial charge in [0, 0.05) is 5.02 Å². The van der Waals surface area contributed by atoms with Gasteiger partial charge in [-0.15, -0.1) is 0 Å². The highest BCUT2D eigenvalue weighted by Crippen LogP contribution is 2.33. The average Bonchev–Trinajstić information content (AvgIpc) is 2.92. The zero-order chi connectivity index (χ0) is 19.3. The van der Waals surface area contributed by atoms with Crippen LogP contribution >= 0.6 is 34.7 Å². The Labute approximate surface area is 166 Å². The van der Waals surface area contributed by atoms with Crippen molar-refractivity contribution in [2.45, 2.75) is 37.8 Å². The number of aryl methyl sites for hydroxylation is 2. The van der Waals surface area contributed by atoms with Crippen LogP contribution < -0.4 is 10.1 Å². The highest BCUT2D eigenvalue weighted by molar-refractivity contribution is 8.01. The second-order valence-corrected chi connectivity index (χ2v) is 8.62. The van der Waals surface area contributed by atoms with Crippen LogP contribution in [0, 0.1) is 25.2 Å². The molecular formula is C18H20ClN3O2S2. The monoisotopic (exact) mass is 409 g/mol. The van der Waals surface area contributed by atoms with Gasteiger partial charge in [-0.05, 0) is 43.0 Å². The maximum atomic E-state index is 12.2. The molecule has 1 aromatic carbocycles. The molecule has 0 aliphatic heterocycles. The van der Waals surface area contributed by atoms with Crippen LogP contribution in [0.4, 0.5) is 5.13 Å². The Hall–Kier alpha value is -1.75. The van der Waals surface area contributed by atoms with E-state index < -0.39 is 0 Å². The lowest BCUT2D eigenvalue weighted by Crippen LogP contribution is -2.20. The van der Waals surface area contributed by atoms with Crippen molar-refractivity contribution < 1.29 is 9.53 Å². The van der Waals surface area contributed by atoms with Crippen molar-refractivity contribution in [1.29, 1.82) is 5.26 Å². The van der Waals surface area contributed by atoms with Crippen LogP contribution in [0.5, 0.6) is 5.75 Å². The fraction of sp³-hybridized carbons (Fsp3) is 0.389. The summed E-state index contributed by atoms with van der Waals surface area (Å²) < 4.78 is 6.66. The van der Waals surface area contributed by atoms with Gasteiger partial charge in [-0.2, -0.15) is 5.26 Å². The number of halogens is 1. The molecule has 5 nitrogen and oxygen atoms in total. The molecule has 2 rings (SSSR count). The van der Waals surface area contributed by atoms with Crippen molar-refractivity contribution in [2.24, 2.45) is 0 Å². The number of amides is 1. The van der Waals surface area contributed by atoms with Crippen LogP contribution in [-0.2, 0) is 4.79 Å². The Balaban J connectivity index is 2.01. The van der Waals surface area contributed by atoms with E-state index in [9.17, 15) is 4.79 Å². The molecule has 1 amide bonds. The molecule has 0 spiro atoms. The molecule has 0 bridgehead atoms. The molecule has 0 radical (unpaired) electrons. The van der Waals surface area contributed by atoms with Gasteiger partial charge in [0.1, 0.15) is 5.75 Å². The molecule has 138 valence electrons. The van der Waals surface area contributed by atoms with Gasteiger partial charge < -0.3 is 4.74 Å². The second-order valence-electron chi connectivity index (χ2n) is 5.97. The first kappa shape index (κ1) is 20.6. The number of nitriles is 1. The van der Waals surface area contributed by atoms with E-state index in [2.05, 4.69) is 16.4 Å². The number of hydrogen-bond acceptors (Lipinski definition) is 6. The predicted octanol–water partition coefficient (Wildman–Crippen LogP) is 5.17. The standard InChI is InChI=1S/C18H20ClN3O2S2/c1-10(2)13-8-14(19)11(3)7-15(13)24-9-16(23)22-18-21-12(4)17(26-18)25-6-5-20/h7-8,10H,6,9H2,1-4H3,(H,21,22,23). The van der Waals surface area contributed by atoms with Crippen LogP contribution in [0.1, 0.15) is 36.6 Å². The lowest BCUT2D eigenvalue weighted by molar-refractivity contribution is -0.118. The van der Waals surface area contributed by atoms with Crippen LogP contribution in [0.2, 0.25) is 5.02 Å². The number of thiazole rings is 1. The second kappa shape index (κ2) is 9.26. The minimum atomic E-state index is -0.280. The van der Waals surface area contributed by atoms with E-state index in [1.807, 2.05) is 39.8 Å². The van der Waals surface area contributed by atoms with E-state index in [0.29, 0.717) is 21.7 Å². The van der Waals surface area contributed by atoms with Crippen molar-refractivity contribution in [2.75, 3.05) is 17.7 Å². The third kappa shape index (κ3) is 5.37. The number of thioether (sulfide) groups is 1. The Morgan fingerprint density at radius 2 is 2.19 bits per heavy atom. The van der Waals surface area contributed by atoms with Gasteiger partial charge in [-0.3, -0.25) is 10.1 Å². The van der Waals surface area contributed by atoms with Gasteiger partial charge in [0.05, 0.1) is 21.7 Å². The van der Waals surface area contributed by atoms with Crippen LogP contribution in [-0.4, -0.2) is 23.3 Å². The molecule has 2 aromatic rings. The number of ether oxygens (including phenoxy) is 1. The third-order valence-electron chi connectivity index (χ3n) is 3.54. The summed E-state index contributed by atoms with van der Waals surface area (Å²) in [6.45, 7) is 7.74. The number of nitrogens with one attached hydrogen (secondary N) is 1. The normalized spacial score (nSPS) is 10.7. The summed E-state index contributed by atoms with van der Waals surface area (Å²) in [5.41, 5.74) is 2.68. The summed E-state index contributed by atoms with van der Waals surface area (Å²) in [4.78, 5) is 16.5. The Morgan fingerprint density at radius 1 is 1.46 bits per heavy atom. The van der Waals surface area contributed by atoms with E-state index in [-0.39, 0.29) is 18.4 Å². The summed E-state index contributed by atoms with van der Waals surface area (Å²) in [7, 11) is 0. The molecular weight excluding hydrogens is 390 g/mol. The number of rotatable bonds is 7. The first-order valence-corrected chi connectivity index (χ1v) is 10.2. The first-order chi connectivity index (χ1) is 12.3. The molecule has 1 aromatic heterocycles. The van der Waals surface area contributed by atoms with Crippen molar-refractivity contribution in [3.05, 3.63) is 34.0 Å². The number of nitrogens with zero attached hydrogens (tertiary/aromatic N) is 2. The summed E-state index contributed by atoms with van der Waals surface area (Å²) in [6.07, 6.45) is 0. The number of carbonyl (C=O) groups excluding carboxylic acids is 1. The topological polar surface area (TPSA) is 75.0 Å². The smallest absolute Gasteiger partial charge is 0.264 e. The zero-order valence-electron chi connectivity index (χ0n) is 15.1. The van der Waals surface area contributed by atoms with Gasteiger partial charge in [-0.1, -0.05) is 48.5 Å². The quantitative estimate of drug-likeness (QED) is 0.638. The molecule has 0 unspecified atom stereocenters. The molecule has 0 saturated heterocycles. The number of hydrogen-bond donors (Lipinski definition) is 1. The molecule has 1 heterocycles. The Kier molecular flexibility index (Phi) is 7.33. The summed E-state index contributed by atoms with van der Waals surface area (Å²) >= 11 is 8.96. The summed E-state index contributed by atoms with van der Waals surface area (Å²) in [5, 5.41) is 12.6. The predicted molar refractivity (Wildman–Crippen MR) is 108 cm³/mol. The number of carbonyl (C=O) groups is 1. The molecule has 1 N–H and O–H groups in total. The van der Waals surface area contributed by atoms with Gasteiger partial charge in [0.2, 0.25) is 0 Å². The lowest BCUT2D eigenvalue weighted by atomic mass is 10.0. The molecule has 8 heteroatoms. The Bertz CT molecular complexity index is 844. The average molecular weight is 410 g/mol. The van der Waals surface area contributed by atoms with Crippen molar-refractivity contribution >= 4 is 45.7 Å². The van der Waals surface area contributed by atoms with E-state index in [4.69, 9.17) is 21.6 Å². The molecule has 0 aliphatic carbocycles. The highest BCUT2D eigenvalue weighted by Gasteiger charge is 2.14. The minimum absolute atomic E-state index is 0.111. The maximum absolute atomic E-state index is 12.2. The van der Waals surface area contributed by atoms with E-state index in [1.165, 1.54) is 23.1 Å². The van der Waals surface area contributed by atoms with Crippen molar-refractivity contribution in [3.8, 4) is 11.8 Å². The fourth-order valence-electron chi connectivity index (χ4n) is 2.21. The van der Waals surface area contributed by atoms with Gasteiger partial charge in [0.15, 0.2) is 11.7 Å². The SMILES string of the molecule is Cc1cc(OCC(=O)Nc2nc(C)c(SCC#N)s2)c(C(C)C)cc1Cl. The molecule has 26 heavy (non-hydrogen) atoms. The fourth-order valence-corrected chi connectivity index (χ4v) is 4.20. The van der Waals surface area contributed by atoms with Crippen molar-refractivity contribution in [3.63, 3.8) is 0 Å². The zero-order valence-corrected chi connectivity index (χ0v) is 17.4. The summed E-state index contributed by atoms with van der Waals surface area (Å²) in [5.74, 6) is 0.968. The van der Waals surface area contributed by atoms with E-state index in [1.54, 1.807) is 0 Å². The maximum Gasteiger partial charge on any atom is 0.264 e. The lowest BCUT2D eigenvalue weighted by Gasteiger charge is -2.15. The molecule has 0 aliphatic rings. The number of anilines is 1. The molecule has 0 fully saturated rings. The molecule has 0 saturated carbocycles. The van der Waals surface area contributed by atoms with Crippen LogP contribution in [0.3, 0.4) is 0 Å². The number of aromatic nitrogens is 1. The highest BCUT2D eigenvalue weighted by atomic mass is 35.5. The third-order valence-corrected chi connectivity index (χ3v) is 6.25. The van der Waals surface area contributed by atoms with Gasteiger partial charge in [0.25, 0.3) is 5.91 Å². The van der Waals surface area contributed by atoms with E-state index >= 15 is 0 Å². The van der Waals surface area contributed by atoms with Gasteiger partial charge >= 0.3 is 0 Å². The van der Waals surface area contributed by atoms with Crippen molar-refractivity contribution in [1.82, 2.24) is 4.98 Å². The summed E-state index contributed by atoms with van der Waals surface area (Å²) in [6, 6.07) is 5.82. The molecule has 0 atom stereocenters. The van der Waals surface area contributed by atoms with Crippen LogP contribution in [0.15, 0.2) is 16.3 Å². The van der Waals surface area contributed by atoms with Gasteiger partial charge in [-0.25, -0.2) is 4.98 Å². The first-order valence-electron chi connectivity index (χ1n) is 8.01. The minimum Gasteiger partial charge on any atom is -0.483 e. The Morgan fingerprint density at radius 3 is 2.85 bits per heavy atom.